The summed E-state index contributed by atoms with van der Waals surface area (Å²) >= 11 is 0. The number of hydrogen-bond donors (Lipinski definition) is 18. The van der Waals surface area contributed by atoms with Gasteiger partial charge in [0.2, 0.25) is 0 Å². The third-order valence-corrected chi connectivity index (χ3v) is 12.1. The van der Waals surface area contributed by atoms with Crippen molar-refractivity contribution in [3.8, 4) is 0 Å². The molecule has 21 nitrogen and oxygen atoms in total. The van der Waals surface area contributed by atoms with Crippen LogP contribution in [0.2, 0.25) is 0 Å². The predicted octanol–water partition coefficient (Wildman–Crippen LogP) is 9.31. The highest BCUT2D eigenvalue weighted by atomic mass is 16.4. The van der Waals surface area contributed by atoms with E-state index in [-0.39, 0.29) is 66.1 Å². The van der Waals surface area contributed by atoms with Crippen molar-refractivity contribution in [2.75, 3.05) is 66.1 Å². The van der Waals surface area contributed by atoms with Gasteiger partial charge in [0.05, 0.1) is 66.1 Å². The normalized spacial score (nSPS) is 11.1. The molecule has 18 N–H and O–H groups in total. The molecule has 0 unspecified atom stereocenters. The second kappa shape index (κ2) is 98.8. The van der Waals surface area contributed by atoms with E-state index in [2.05, 4.69) is 93.7 Å². The van der Waals surface area contributed by atoms with Gasteiger partial charge < -0.3 is 91.9 Å². The lowest BCUT2D eigenvalue weighted by molar-refractivity contribution is -0.138. The summed E-state index contributed by atoms with van der Waals surface area (Å²) in [5.74, 6) is -2.01. The Morgan fingerprint density at radius 1 is 0.233 bits per heavy atom. The van der Waals surface area contributed by atoms with Crippen LogP contribution in [0, 0.1) is 0 Å². The van der Waals surface area contributed by atoms with E-state index in [4.69, 9.17) is 91.9 Å². The lowest BCUT2D eigenvalue weighted by Crippen LogP contribution is -2.15. The van der Waals surface area contributed by atoms with Gasteiger partial charge in [-0.2, -0.15) is 0 Å². The molecule has 90 heavy (non-hydrogen) atoms. The van der Waals surface area contributed by atoms with E-state index in [0.717, 1.165) is 77.0 Å². The number of carboxylic acid groups (broad SMARTS) is 3. The summed E-state index contributed by atoms with van der Waals surface area (Å²) in [7, 11) is 0. The third-order valence-electron chi connectivity index (χ3n) is 12.1. The Morgan fingerprint density at radius 3 is 0.511 bits per heavy atom. The molecule has 0 aromatic rings. The molecule has 0 aliphatic rings. The predicted molar refractivity (Wildman–Crippen MR) is 362 cm³/mol. The van der Waals surface area contributed by atoms with E-state index in [1.165, 1.54) is 135 Å². The third kappa shape index (κ3) is 129. The van der Waals surface area contributed by atoms with Crippen molar-refractivity contribution in [1.29, 1.82) is 0 Å². The van der Waals surface area contributed by atoms with Gasteiger partial charge in [-0.15, -0.1) is 0 Å². The Labute approximate surface area is 543 Å². The molecule has 0 heterocycles. The number of aliphatic carboxylic acids is 3. The standard InChI is InChI=1S/3C18H32O2.5C3H8O3/c3*1-2-3-4-5-6-7-8-9-10-11-12-13-14-15-16-17-18(19)20;5*4-1-3(6)2-5/h3*6-7,9-10H,2-5,8,11-17H2,1H3,(H,19,20);5*3-6H,1-2H2/b3*7-6-,10-9-;;;;;. The smallest absolute Gasteiger partial charge is 0.303 e. The minimum atomic E-state index is -0.954. The number of rotatable bonds is 52. The molecule has 0 aliphatic heterocycles. The van der Waals surface area contributed by atoms with E-state index < -0.39 is 48.4 Å². The number of aliphatic hydroxyl groups excluding tert-OH is 15. The average Bonchev–Trinajstić information content (AvgIpc) is 3.55. The van der Waals surface area contributed by atoms with Gasteiger partial charge >= 0.3 is 17.9 Å². The van der Waals surface area contributed by atoms with E-state index in [1.807, 2.05) is 0 Å². The lowest BCUT2D eigenvalue weighted by atomic mass is 10.1. The van der Waals surface area contributed by atoms with Crippen LogP contribution in [0.15, 0.2) is 72.9 Å². The van der Waals surface area contributed by atoms with Gasteiger partial charge in [-0.1, -0.05) is 190 Å². The van der Waals surface area contributed by atoms with Gasteiger partial charge in [-0.3, -0.25) is 14.4 Å². The molecular formula is C69H136O21. The Morgan fingerprint density at radius 2 is 0.378 bits per heavy atom. The number of carbonyl (C=O) groups is 3. The molecule has 0 radical (unpaired) electrons. The number of unbranched alkanes of at least 4 members (excludes halogenated alkanes) is 24. The van der Waals surface area contributed by atoms with Crippen LogP contribution in [-0.2, 0) is 14.4 Å². The Hall–Kier alpha value is -3.75. The molecule has 0 saturated carbocycles. The lowest BCUT2D eigenvalue weighted by Gasteiger charge is -1.98. The quantitative estimate of drug-likeness (QED) is 0.0199. The molecule has 0 saturated heterocycles. The van der Waals surface area contributed by atoms with Crippen LogP contribution in [0.3, 0.4) is 0 Å². The monoisotopic (exact) mass is 1300 g/mol. The average molecular weight is 1300 g/mol. The van der Waals surface area contributed by atoms with Crippen LogP contribution < -0.4 is 0 Å². The second-order valence-electron chi connectivity index (χ2n) is 21.2. The first-order valence-corrected chi connectivity index (χ1v) is 33.4. The molecule has 0 rings (SSSR count). The number of aliphatic hydroxyl groups is 15. The maximum Gasteiger partial charge on any atom is 0.303 e. The molecule has 538 valence electrons. The van der Waals surface area contributed by atoms with Crippen molar-refractivity contribution in [1.82, 2.24) is 0 Å². The molecule has 0 aromatic heterocycles. The first-order valence-electron chi connectivity index (χ1n) is 33.4. The first kappa shape index (κ1) is 102. The van der Waals surface area contributed by atoms with Crippen LogP contribution in [0.5, 0.6) is 0 Å². The van der Waals surface area contributed by atoms with Crippen LogP contribution in [0.25, 0.3) is 0 Å². The van der Waals surface area contributed by atoms with E-state index >= 15 is 0 Å². The summed E-state index contributed by atoms with van der Waals surface area (Å²) in [4.78, 5) is 31.0. The summed E-state index contributed by atoms with van der Waals surface area (Å²) in [5.41, 5.74) is 0. The van der Waals surface area contributed by atoms with Gasteiger partial charge in [0, 0.05) is 19.3 Å². The molecule has 0 spiro atoms. The molecular weight excluding hydrogens is 1160 g/mol. The van der Waals surface area contributed by atoms with Crippen molar-refractivity contribution in [2.24, 2.45) is 0 Å². The topological polar surface area (TPSA) is 415 Å². The van der Waals surface area contributed by atoms with Gasteiger partial charge in [0.25, 0.3) is 0 Å². The largest absolute Gasteiger partial charge is 0.481 e. The van der Waals surface area contributed by atoms with Crippen LogP contribution in [-0.4, -0.2) is 206 Å². The van der Waals surface area contributed by atoms with Crippen molar-refractivity contribution >= 4 is 17.9 Å². The van der Waals surface area contributed by atoms with Crippen LogP contribution >= 0.6 is 0 Å². The van der Waals surface area contributed by atoms with Gasteiger partial charge in [-0.05, 0) is 116 Å². The number of allylic oxidation sites excluding steroid dienone is 12. The summed E-state index contributed by atoms with van der Waals surface area (Å²) in [6, 6.07) is 0. The minimum absolute atomic E-state index is 0.324. The Balaban J connectivity index is -0.000000152. The highest BCUT2D eigenvalue weighted by Gasteiger charge is 2.00. The van der Waals surface area contributed by atoms with Crippen LogP contribution in [0.4, 0.5) is 0 Å². The van der Waals surface area contributed by atoms with Gasteiger partial charge in [0.1, 0.15) is 30.5 Å². The minimum Gasteiger partial charge on any atom is -0.481 e. The molecule has 0 aromatic carbocycles. The maximum atomic E-state index is 10.3. The fourth-order valence-electron chi connectivity index (χ4n) is 6.55. The zero-order valence-corrected chi connectivity index (χ0v) is 56.1. The molecule has 0 aliphatic carbocycles. The summed E-state index contributed by atoms with van der Waals surface area (Å²) in [6.45, 7) is 3.06. The first-order chi connectivity index (χ1) is 43.4. The highest BCUT2D eigenvalue weighted by Crippen LogP contribution is 2.11. The summed E-state index contributed by atoms with van der Waals surface area (Å²) < 4.78 is 0. The molecule has 0 atom stereocenters. The molecule has 0 bridgehead atoms. The Kier molecular flexibility index (Phi) is 112. The fraction of sp³-hybridized carbons (Fsp3) is 0.783. The van der Waals surface area contributed by atoms with Gasteiger partial charge in [-0.25, -0.2) is 0 Å². The van der Waals surface area contributed by atoms with Crippen LogP contribution in [0.1, 0.15) is 252 Å². The van der Waals surface area contributed by atoms with Gasteiger partial charge in [0.15, 0.2) is 0 Å². The zero-order chi connectivity index (χ0) is 69.6. The Bertz CT molecular complexity index is 1300. The van der Waals surface area contributed by atoms with Crippen molar-refractivity contribution in [2.45, 2.75) is 282 Å². The molecule has 0 amide bonds. The second-order valence-corrected chi connectivity index (χ2v) is 21.2. The van der Waals surface area contributed by atoms with E-state index in [1.54, 1.807) is 0 Å². The summed E-state index contributed by atoms with van der Waals surface area (Å²) in [5, 5.41) is 146. The number of hydrogen-bond acceptors (Lipinski definition) is 18. The number of carboxylic acids is 3. The van der Waals surface area contributed by atoms with Crippen molar-refractivity contribution in [3.63, 3.8) is 0 Å². The highest BCUT2D eigenvalue weighted by molar-refractivity contribution is 5.67. The molecule has 0 fully saturated rings. The van der Waals surface area contributed by atoms with Crippen molar-refractivity contribution < 1.29 is 106 Å². The van der Waals surface area contributed by atoms with Crippen molar-refractivity contribution in [3.05, 3.63) is 72.9 Å². The van der Waals surface area contributed by atoms with E-state index in [9.17, 15) is 14.4 Å². The molecule has 21 heteroatoms. The van der Waals surface area contributed by atoms with E-state index in [0.29, 0.717) is 19.3 Å². The SMILES string of the molecule is CCCCC/C=C\C/C=C\CCCCCCCC(=O)O.CCCCC/C=C\C/C=C\CCCCCCCC(=O)O.CCCCC/C=C\C/C=C\CCCCCCCC(=O)O.OCC(O)CO.OCC(O)CO.OCC(O)CO.OCC(O)CO.OCC(O)CO. The maximum absolute atomic E-state index is 10.3. The summed E-state index contributed by atoms with van der Waals surface area (Å²) in [6.07, 6.45) is 62.1. The fourth-order valence-corrected chi connectivity index (χ4v) is 6.55. The zero-order valence-electron chi connectivity index (χ0n) is 56.1.